The Labute approximate surface area is 220 Å². The first-order valence-electron chi connectivity index (χ1n) is 11.6. The third-order valence-corrected chi connectivity index (χ3v) is 7.49. The van der Waals surface area contributed by atoms with Gasteiger partial charge in [-0.05, 0) is 42.5 Å². The molecule has 39 heavy (non-hydrogen) atoms. The molecule has 1 aromatic carbocycles. The van der Waals surface area contributed by atoms with E-state index >= 15 is 0 Å². The monoisotopic (exact) mass is 555 g/mol. The van der Waals surface area contributed by atoms with Crippen LogP contribution in [0.4, 0.5) is 13.2 Å². The van der Waals surface area contributed by atoms with Crippen LogP contribution in [0.15, 0.2) is 78.2 Å². The van der Waals surface area contributed by atoms with Crippen molar-refractivity contribution < 1.29 is 31.1 Å². The maximum atomic E-state index is 13.2. The van der Waals surface area contributed by atoms with E-state index in [0.717, 1.165) is 6.07 Å². The number of pyridine rings is 2. The quantitative estimate of drug-likeness (QED) is 0.261. The second-order valence-corrected chi connectivity index (χ2v) is 10.7. The summed E-state index contributed by atoms with van der Waals surface area (Å²) in [5, 5.41) is -0.0865. The molecule has 0 spiro atoms. The smallest absolute Gasteiger partial charge is 0.456 e. The zero-order valence-corrected chi connectivity index (χ0v) is 21.1. The van der Waals surface area contributed by atoms with Crippen molar-refractivity contribution in [3.05, 3.63) is 84.4 Å². The van der Waals surface area contributed by atoms with Gasteiger partial charge in [0, 0.05) is 24.0 Å². The van der Waals surface area contributed by atoms with Gasteiger partial charge in [0.25, 0.3) is 5.78 Å². The molecule has 1 N–H and O–H groups in total. The summed E-state index contributed by atoms with van der Waals surface area (Å²) in [5.74, 6) is -1.10. The summed E-state index contributed by atoms with van der Waals surface area (Å²) in [7, 11) is -3.49. The molecule has 0 atom stereocenters. The second kappa shape index (κ2) is 9.98. The average molecular weight is 556 g/mol. The molecule has 13 heteroatoms. The summed E-state index contributed by atoms with van der Waals surface area (Å²) < 4.78 is 70.7. The molecule has 4 aromatic heterocycles. The summed E-state index contributed by atoms with van der Waals surface area (Å²) in [4.78, 5) is 28.0. The third-order valence-electron chi connectivity index (χ3n) is 5.85. The van der Waals surface area contributed by atoms with Crippen LogP contribution in [0.1, 0.15) is 23.0 Å². The van der Waals surface area contributed by atoms with E-state index in [2.05, 4.69) is 19.9 Å². The minimum absolute atomic E-state index is 0.0865. The highest BCUT2D eigenvalue weighted by molar-refractivity contribution is 7.91. The highest BCUT2D eigenvalue weighted by Crippen LogP contribution is 2.31. The van der Waals surface area contributed by atoms with Gasteiger partial charge in [0.15, 0.2) is 20.7 Å². The number of aromatic amines is 1. The second-order valence-electron chi connectivity index (χ2n) is 8.46. The Morgan fingerprint density at radius 3 is 2.54 bits per heavy atom. The minimum Gasteiger partial charge on any atom is -0.456 e. The molecule has 0 bridgehead atoms. The molecule has 0 aliphatic rings. The number of H-pyrrole nitrogens is 1. The maximum Gasteiger partial charge on any atom is 0.456 e. The zero-order valence-electron chi connectivity index (χ0n) is 20.3. The highest BCUT2D eigenvalue weighted by Gasteiger charge is 2.40. The number of fused-ring (bicyclic) bond motifs is 1. The molecule has 0 unspecified atom stereocenters. The minimum atomic E-state index is -5.03. The number of benzene rings is 1. The normalized spacial score (nSPS) is 12.1. The molecule has 0 radical (unpaired) electrons. The van der Waals surface area contributed by atoms with Gasteiger partial charge in [-0.3, -0.25) is 9.78 Å². The zero-order chi connectivity index (χ0) is 27.8. The number of sulfone groups is 1. The first-order valence-corrected chi connectivity index (χ1v) is 13.3. The molecular formula is C26H20F3N5O4S. The number of halogens is 3. The van der Waals surface area contributed by atoms with E-state index in [4.69, 9.17) is 4.74 Å². The van der Waals surface area contributed by atoms with Crippen LogP contribution < -0.4 is 4.74 Å². The summed E-state index contributed by atoms with van der Waals surface area (Å²) in [6.45, 7) is 1.40. The number of carbonyl (C=O) groups excluding carboxylic acids is 1. The van der Waals surface area contributed by atoms with E-state index in [1.807, 2.05) is 0 Å². The standard InChI is InChI=1S/C26H20F3N5O4S/c1-2-39(36,37)22-9-8-17(14-31-22)38-18-12-16(15-34-11-5-7-21(34)24(35)26(27,28)29)23-20(13-18)32-25(33-23)19-6-3-4-10-30-19/h3-14H,2,15H2,1H3,(H,32,33). The maximum absolute atomic E-state index is 13.2. The van der Waals surface area contributed by atoms with Crippen LogP contribution in [0.3, 0.4) is 0 Å². The van der Waals surface area contributed by atoms with Crippen LogP contribution in [-0.2, 0) is 16.4 Å². The number of hydrogen-bond donors (Lipinski definition) is 1. The summed E-state index contributed by atoms with van der Waals surface area (Å²) in [5.41, 5.74) is 1.46. The Morgan fingerprint density at radius 2 is 1.87 bits per heavy atom. The molecule has 0 aliphatic heterocycles. The predicted octanol–water partition coefficient (Wildman–Crippen LogP) is 5.20. The Balaban J connectivity index is 1.56. The van der Waals surface area contributed by atoms with Crippen LogP contribution in [0.2, 0.25) is 0 Å². The van der Waals surface area contributed by atoms with Crippen molar-refractivity contribution in [3.8, 4) is 23.0 Å². The van der Waals surface area contributed by atoms with Crippen molar-refractivity contribution in [2.24, 2.45) is 0 Å². The van der Waals surface area contributed by atoms with Crippen molar-refractivity contribution in [3.63, 3.8) is 0 Å². The molecule has 4 heterocycles. The van der Waals surface area contributed by atoms with Gasteiger partial charge >= 0.3 is 6.18 Å². The number of ketones is 1. The molecule has 0 saturated carbocycles. The van der Waals surface area contributed by atoms with E-state index in [-0.39, 0.29) is 28.8 Å². The topological polar surface area (TPSA) is 120 Å². The SMILES string of the molecule is CCS(=O)(=O)c1ccc(Oc2cc(Cn3cccc3C(=O)C(F)(F)F)c3nc(-c4ccccn4)[nH]c3c2)cn1. The molecule has 9 nitrogen and oxygen atoms in total. The number of aromatic nitrogens is 5. The first-order chi connectivity index (χ1) is 18.5. The molecule has 0 fully saturated rings. The number of ether oxygens (including phenoxy) is 1. The van der Waals surface area contributed by atoms with Gasteiger partial charge in [0.1, 0.15) is 17.2 Å². The summed E-state index contributed by atoms with van der Waals surface area (Å²) >= 11 is 0. The number of alkyl halides is 3. The van der Waals surface area contributed by atoms with Gasteiger partial charge in [-0.1, -0.05) is 13.0 Å². The number of Topliss-reactive ketones (excluding diaryl/α,β-unsaturated/α-hetero) is 1. The van der Waals surface area contributed by atoms with Crippen LogP contribution in [0.25, 0.3) is 22.6 Å². The van der Waals surface area contributed by atoms with Crippen LogP contribution in [-0.4, -0.2) is 50.6 Å². The summed E-state index contributed by atoms with van der Waals surface area (Å²) in [6.07, 6.45) is -0.784. The fraction of sp³-hybridized carbons (Fsp3) is 0.154. The lowest BCUT2D eigenvalue weighted by Crippen LogP contribution is -2.25. The van der Waals surface area contributed by atoms with Gasteiger partial charge in [-0.15, -0.1) is 0 Å². The molecule has 0 saturated heterocycles. The van der Waals surface area contributed by atoms with Gasteiger partial charge in [0.05, 0.1) is 35.2 Å². The van der Waals surface area contributed by atoms with Gasteiger partial charge in [-0.25, -0.2) is 18.4 Å². The van der Waals surface area contributed by atoms with Gasteiger partial charge in [0.2, 0.25) is 0 Å². The van der Waals surface area contributed by atoms with Crippen molar-refractivity contribution in [2.75, 3.05) is 5.75 Å². The van der Waals surface area contributed by atoms with Crippen molar-refractivity contribution in [1.82, 2.24) is 24.5 Å². The number of rotatable bonds is 8. The first kappa shape index (κ1) is 26.1. The van der Waals surface area contributed by atoms with Gasteiger partial charge < -0.3 is 14.3 Å². The highest BCUT2D eigenvalue weighted by atomic mass is 32.2. The van der Waals surface area contributed by atoms with E-state index in [1.165, 1.54) is 42.1 Å². The van der Waals surface area contributed by atoms with E-state index < -0.39 is 27.5 Å². The van der Waals surface area contributed by atoms with E-state index in [0.29, 0.717) is 28.1 Å². The predicted molar refractivity (Wildman–Crippen MR) is 135 cm³/mol. The van der Waals surface area contributed by atoms with Crippen molar-refractivity contribution in [1.29, 1.82) is 0 Å². The Hall–Kier alpha value is -4.52. The Bertz CT molecular complexity index is 1760. The van der Waals surface area contributed by atoms with Crippen LogP contribution in [0.5, 0.6) is 11.5 Å². The average Bonchev–Trinajstić information content (AvgIpc) is 3.56. The van der Waals surface area contributed by atoms with E-state index in [9.17, 15) is 26.4 Å². The number of carbonyl (C=O) groups is 1. The number of imidazole rings is 1. The Morgan fingerprint density at radius 1 is 1.05 bits per heavy atom. The Kier molecular flexibility index (Phi) is 6.68. The van der Waals surface area contributed by atoms with Crippen LogP contribution in [0, 0.1) is 0 Å². The van der Waals surface area contributed by atoms with Crippen LogP contribution >= 0.6 is 0 Å². The molecule has 200 valence electrons. The lowest BCUT2D eigenvalue weighted by Gasteiger charge is -2.13. The van der Waals surface area contributed by atoms with E-state index in [1.54, 1.807) is 36.5 Å². The van der Waals surface area contributed by atoms with Gasteiger partial charge in [-0.2, -0.15) is 13.2 Å². The largest absolute Gasteiger partial charge is 0.456 e. The molecule has 5 rings (SSSR count). The van der Waals surface area contributed by atoms with Crippen molar-refractivity contribution in [2.45, 2.75) is 24.7 Å². The number of hydrogen-bond acceptors (Lipinski definition) is 7. The third kappa shape index (κ3) is 5.39. The summed E-state index contributed by atoms with van der Waals surface area (Å²) in [6, 6.07) is 13.8. The molecule has 5 aromatic rings. The molecular weight excluding hydrogens is 535 g/mol. The fourth-order valence-electron chi connectivity index (χ4n) is 3.95. The van der Waals surface area contributed by atoms with Crippen molar-refractivity contribution >= 4 is 26.7 Å². The lowest BCUT2D eigenvalue weighted by molar-refractivity contribution is -0.0890. The fourth-order valence-corrected chi connectivity index (χ4v) is 4.73. The number of nitrogens with one attached hydrogen (secondary N) is 1. The molecule has 0 amide bonds. The molecule has 0 aliphatic carbocycles. The number of nitrogens with zero attached hydrogens (tertiary/aromatic N) is 4. The lowest BCUT2D eigenvalue weighted by atomic mass is 10.1.